The van der Waals surface area contributed by atoms with Crippen molar-refractivity contribution in [2.45, 2.75) is 56.0 Å². The van der Waals surface area contributed by atoms with Crippen molar-refractivity contribution < 1.29 is 0 Å². The molecule has 2 fully saturated rings. The van der Waals surface area contributed by atoms with Crippen LogP contribution in [0.25, 0.3) is 0 Å². The van der Waals surface area contributed by atoms with E-state index in [4.69, 9.17) is 0 Å². The fourth-order valence-electron chi connectivity index (χ4n) is 3.00. The molecule has 0 aliphatic carbocycles. The van der Waals surface area contributed by atoms with Crippen LogP contribution in [0, 0.1) is 0 Å². The fraction of sp³-hybridized carbons (Fsp3) is 1.00. The van der Waals surface area contributed by atoms with Crippen LogP contribution in [0.5, 0.6) is 0 Å². The van der Waals surface area contributed by atoms with Crippen molar-refractivity contribution in [2.75, 3.05) is 0 Å². The van der Waals surface area contributed by atoms with Crippen LogP contribution in [0.4, 0.5) is 0 Å². The molecule has 0 unspecified atom stereocenters. The molecule has 2 aliphatic heterocycles. The Hall–Kier alpha value is 0.584. The first kappa shape index (κ1) is 8.19. The van der Waals surface area contributed by atoms with E-state index in [1.54, 1.807) is 38.5 Å². The van der Waals surface area contributed by atoms with Gasteiger partial charge in [0.1, 0.15) is 0 Å². The minimum atomic E-state index is 0.941. The van der Waals surface area contributed by atoms with Gasteiger partial charge in [-0.1, -0.05) is 0 Å². The Balaban J connectivity index is 2.04. The third kappa shape index (κ3) is 1.53. The minimum absolute atomic E-state index is 0.941. The average molecular weight is 215 g/mol. The molecule has 2 rings (SSSR count). The predicted octanol–water partition coefficient (Wildman–Crippen LogP) is 2.84. The second-order valence-electron chi connectivity index (χ2n) is 4.08. The molecule has 0 aromatic carbocycles. The van der Waals surface area contributed by atoms with Crippen molar-refractivity contribution in [3.63, 3.8) is 0 Å². The second kappa shape index (κ2) is 3.54. The van der Waals surface area contributed by atoms with Gasteiger partial charge < -0.3 is 0 Å². The molecule has 2 heterocycles. The van der Waals surface area contributed by atoms with Crippen LogP contribution in [0.15, 0.2) is 0 Å². The molecule has 2 aliphatic rings. The van der Waals surface area contributed by atoms with Gasteiger partial charge in [0, 0.05) is 0 Å². The topological polar surface area (TPSA) is 0 Å². The second-order valence-corrected chi connectivity index (χ2v) is 6.21. The van der Waals surface area contributed by atoms with Gasteiger partial charge in [0.15, 0.2) is 0 Å². The number of fused-ring (bicyclic) bond motifs is 2. The summed E-state index contributed by atoms with van der Waals surface area (Å²) in [7, 11) is 0. The molecule has 0 amide bonds. The van der Waals surface area contributed by atoms with Gasteiger partial charge in [-0.05, 0) is 0 Å². The van der Waals surface area contributed by atoms with Crippen LogP contribution < -0.4 is 0 Å². The summed E-state index contributed by atoms with van der Waals surface area (Å²) in [4.78, 5) is 0. The molecule has 0 N–H and O–H groups in total. The Morgan fingerprint density at radius 3 is 1.73 bits per heavy atom. The van der Waals surface area contributed by atoms with E-state index in [1.165, 1.54) is 5.53 Å². The van der Waals surface area contributed by atoms with E-state index >= 15 is 0 Å². The van der Waals surface area contributed by atoms with Gasteiger partial charge in [-0.25, -0.2) is 0 Å². The summed E-state index contributed by atoms with van der Waals surface area (Å²) in [5.74, 6) is 4.77. The Kier molecular flexibility index (Phi) is 2.63. The molecule has 0 aromatic rings. The van der Waals surface area contributed by atoms with Crippen LogP contribution in [-0.4, -0.2) is 20.3 Å². The van der Waals surface area contributed by atoms with Crippen molar-refractivity contribution in [3.05, 3.63) is 0 Å². The molecule has 0 radical (unpaired) electrons. The summed E-state index contributed by atoms with van der Waals surface area (Å²) >= 11 is 0.941. The molecule has 0 saturated carbocycles. The zero-order valence-electron chi connectivity index (χ0n) is 7.38. The maximum absolute atomic E-state index is 2.45. The van der Waals surface area contributed by atoms with E-state index in [2.05, 4.69) is 5.82 Å². The quantitative estimate of drug-likeness (QED) is 0.590. The summed E-state index contributed by atoms with van der Waals surface area (Å²) in [5.41, 5.74) is 1.19. The van der Waals surface area contributed by atoms with Crippen LogP contribution >= 0.6 is 0 Å². The van der Waals surface area contributed by atoms with E-state index in [-0.39, 0.29) is 0 Å². The SMILES string of the molecule is C[Se]B1C2CCCC1CCC2. The van der Waals surface area contributed by atoms with E-state index < -0.39 is 0 Å². The monoisotopic (exact) mass is 216 g/mol. The van der Waals surface area contributed by atoms with Crippen molar-refractivity contribution in [3.8, 4) is 0 Å². The molecular formula is C9H17BSe. The molecule has 0 nitrogen and oxygen atoms in total. The molecular weight excluding hydrogens is 198 g/mol. The van der Waals surface area contributed by atoms with Crippen molar-refractivity contribution >= 4 is 20.3 Å². The zero-order chi connectivity index (χ0) is 7.68. The summed E-state index contributed by atoms with van der Waals surface area (Å²) in [5, 5.41) is 0. The molecule has 0 spiro atoms. The average Bonchev–Trinajstić information content (AvgIpc) is 2.03. The summed E-state index contributed by atoms with van der Waals surface area (Å²) in [6.45, 7) is 0. The number of hydrogen-bond donors (Lipinski definition) is 0. The predicted molar refractivity (Wildman–Crippen MR) is 52.6 cm³/mol. The summed E-state index contributed by atoms with van der Waals surface area (Å²) in [6.07, 6.45) is 9.35. The molecule has 2 saturated heterocycles. The van der Waals surface area contributed by atoms with Gasteiger partial charge >= 0.3 is 76.3 Å². The van der Waals surface area contributed by atoms with E-state index in [9.17, 15) is 0 Å². The van der Waals surface area contributed by atoms with Crippen molar-refractivity contribution in [2.24, 2.45) is 0 Å². The molecule has 2 bridgehead atoms. The van der Waals surface area contributed by atoms with Crippen LogP contribution in [0.2, 0.25) is 17.5 Å². The third-order valence-electron chi connectivity index (χ3n) is 3.50. The fourth-order valence-corrected chi connectivity index (χ4v) is 5.76. The first-order chi connectivity index (χ1) is 5.42. The van der Waals surface area contributed by atoms with Gasteiger partial charge in [0.05, 0.1) is 0 Å². The maximum atomic E-state index is 2.45. The van der Waals surface area contributed by atoms with Gasteiger partial charge in [-0.2, -0.15) is 0 Å². The Bertz CT molecular complexity index is 116. The molecule has 2 heteroatoms. The van der Waals surface area contributed by atoms with Gasteiger partial charge in [-0.3, -0.25) is 0 Å². The molecule has 11 heavy (non-hydrogen) atoms. The van der Waals surface area contributed by atoms with Gasteiger partial charge in [0.2, 0.25) is 0 Å². The van der Waals surface area contributed by atoms with Crippen molar-refractivity contribution in [1.82, 2.24) is 0 Å². The Morgan fingerprint density at radius 2 is 1.45 bits per heavy atom. The van der Waals surface area contributed by atoms with Crippen LogP contribution in [0.1, 0.15) is 38.5 Å². The molecule has 0 atom stereocenters. The van der Waals surface area contributed by atoms with E-state index in [0.717, 1.165) is 26.4 Å². The number of hydrogen-bond acceptors (Lipinski definition) is 0. The molecule has 0 aromatic heterocycles. The zero-order valence-corrected chi connectivity index (χ0v) is 9.10. The normalized spacial score (nSPS) is 37.4. The first-order valence-electron chi connectivity index (χ1n) is 4.94. The summed E-state index contributed by atoms with van der Waals surface area (Å²) < 4.78 is 0. The van der Waals surface area contributed by atoms with Gasteiger partial charge in [0.25, 0.3) is 0 Å². The van der Waals surface area contributed by atoms with Crippen LogP contribution in [0.3, 0.4) is 0 Å². The van der Waals surface area contributed by atoms with E-state index in [0.29, 0.717) is 0 Å². The standard InChI is InChI=1S/C9H17BSe/c1-11-10-8-4-2-5-9(10)7-3-6-8/h8-9H,2-7H2,1H3. The first-order valence-corrected chi connectivity index (χ1v) is 7.65. The van der Waals surface area contributed by atoms with Crippen molar-refractivity contribution in [1.29, 1.82) is 0 Å². The van der Waals surface area contributed by atoms with Gasteiger partial charge in [-0.15, -0.1) is 0 Å². The third-order valence-corrected chi connectivity index (χ3v) is 6.26. The number of rotatable bonds is 1. The Morgan fingerprint density at radius 1 is 1.00 bits per heavy atom. The Labute approximate surface area is 76.6 Å². The molecule has 62 valence electrons. The van der Waals surface area contributed by atoms with E-state index in [1.807, 2.05) is 0 Å². The van der Waals surface area contributed by atoms with Crippen LogP contribution in [-0.2, 0) is 0 Å². The summed E-state index contributed by atoms with van der Waals surface area (Å²) in [6, 6.07) is 0.